The molecule has 6 nitrogen and oxygen atoms in total. The van der Waals surface area contributed by atoms with Crippen molar-refractivity contribution in [2.45, 2.75) is 26.4 Å². The van der Waals surface area contributed by atoms with Gasteiger partial charge in [0.05, 0.1) is 29.5 Å². The number of nitrogens with zero attached hydrogens (tertiary/aromatic N) is 2. The van der Waals surface area contributed by atoms with Crippen LogP contribution in [-0.4, -0.2) is 34.5 Å². The first kappa shape index (κ1) is 21.7. The summed E-state index contributed by atoms with van der Waals surface area (Å²) < 4.78 is 18.6. The van der Waals surface area contributed by atoms with Gasteiger partial charge in [0.2, 0.25) is 0 Å². The Bertz CT molecular complexity index is 1200. The molecule has 1 aromatic heterocycles. The lowest BCUT2D eigenvalue weighted by atomic mass is 10.1. The van der Waals surface area contributed by atoms with Crippen molar-refractivity contribution in [2.75, 3.05) is 11.4 Å². The van der Waals surface area contributed by atoms with Crippen LogP contribution in [0.15, 0.2) is 59.7 Å². The van der Waals surface area contributed by atoms with E-state index >= 15 is 0 Å². The molecule has 1 atom stereocenters. The molecule has 8 heteroatoms. The zero-order valence-corrected chi connectivity index (χ0v) is 18.4. The number of rotatable bonds is 6. The molecule has 0 saturated heterocycles. The number of carbonyl (C=O) groups excluding carboxylic acids is 1. The number of esters is 1. The van der Waals surface area contributed by atoms with E-state index in [1.165, 1.54) is 23.5 Å². The highest BCUT2D eigenvalue weighted by Crippen LogP contribution is 2.34. The molecule has 0 bridgehead atoms. The highest BCUT2D eigenvalue weighted by atomic mass is 32.1. The van der Waals surface area contributed by atoms with Crippen LogP contribution in [0.4, 0.5) is 10.1 Å². The number of benzene rings is 2. The molecule has 1 unspecified atom stereocenters. The molecule has 32 heavy (non-hydrogen) atoms. The molecule has 2 aromatic carbocycles. The fraction of sp³-hybridized carbons (Fsp3) is 0.208. The molecule has 1 aliphatic rings. The first-order valence-electron chi connectivity index (χ1n) is 10.2. The topological polar surface area (TPSA) is 86.5 Å². The van der Waals surface area contributed by atoms with E-state index in [2.05, 4.69) is 4.98 Å². The van der Waals surface area contributed by atoms with Crippen molar-refractivity contribution in [2.24, 2.45) is 0 Å². The summed E-state index contributed by atoms with van der Waals surface area (Å²) in [5, 5.41) is 21.6. The minimum atomic E-state index is -0.423. The average Bonchev–Trinajstić information content (AvgIpc) is 3.38. The Balaban J connectivity index is 1.56. The molecule has 0 spiro atoms. The van der Waals surface area contributed by atoms with E-state index in [1.54, 1.807) is 41.3 Å². The largest absolute Gasteiger partial charge is 0.510 e. The molecule has 0 amide bonds. The highest BCUT2D eigenvalue weighted by Gasteiger charge is 2.31. The number of hydrogen-bond acceptors (Lipinski definition) is 6. The summed E-state index contributed by atoms with van der Waals surface area (Å²) in [6.45, 7) is 3.87. The van der Waals surface area contributed by atoms with Crippen LogP contribution in [0.2, 0.25) is 0 Å². The van der Waals surface area contributed by atoms with Crippen LogP contribution in [-0.2, 0) is 4.74 Å². The molecule has 0 fully saturated rings. The van der Waals surface area contributed by atoms with Crippen molar-refractivity contribution in [1.29, 1.82) is 5.41 Å². The van der Waals surface area contributed by atoms with E-state index in [9.17, 15) is 14.3 Å². The van der Waals surface area contributed by atoms with Gasteiger partial charge in [-0.3, -0.25) is 5.41 Å². The van der Waals surface area contributed by atoms with Gasteiger partial charge in [-0.05, 0) is 55.8 Å². The maximum atomic E-state index is 13.2. The van der Waals surface area contributed by atoms with Crippen LogP contribution in [0.3, 0.4) is 0 Å². The van der Waals surface area contributed by atoms with Crippen LogP contribution in [0.25, 0.3) is 16.8 Å². The van der Waals surface area contributed by atoms with Crippen LogP contribution in [0.5, 0.6) is 0 Å². The SMILES string of the molecule is CCC(C)OC(=O)c1cccc(N2CC(O)=C(c3nc(-c4ccc(F)cc4)cs3)C2=N)c1. The Hall–Kier alpha value is -3.52. The van der Waals surface area contributed by atoms with Crippen molar-refractivity contribution in [3.05, 3.63) is 76.1 Å². The number of nitrogens with one attached hydrogen (secondary N) is 1. The van der Waals surface area contributed by atoms with Gasteiger partial charge >= 0.3 is 5.97 Å². The molecule has 3 aromatic rings. The van der Waals surface area contributed by atoms with Crippen molar-refractivity contribution in [3.8, 4) is 11.3 Å². The Labute approximate surface area is 189 Å². The maximum Gasteiger partial charge on any atom is 0.338 e. The molecule has 0 aliphatic carbocycles. The minimum Gasteiger partial charge on any atom is -0.510 e. The van der Waals surface area contributed by atoms with Gasteiger partial charge in [0.1, 0.15) is 22.4 Å². The van der Waals surface area contributed by atoms with Crippen LogP contribution in [0.1, 0.15) is 35.6 Å². The number of anilines is 1. The zero-order valence-electron chi connectivity index (χ0n) is 17.6. The van der Waals surface area contributed by atoms with Gasteiger partial charge in [0.25, 0.3) is 0 Å². The quantitative estimate of drug-likeness (QED) is 0.472. The van der Waals surface area contributed by atoms with E-state index in [1.807, 2.05) is 19.2 Å². The predicted octanol–water partition coefficient (Wildman–Crippen LogP) is 5.67. The van der Waals surface area contributed by atoms with Crippen LogP contribution < -0.4 is 4.90 Å². The van der Waals surface area contributed by atoms with E-state index in [4.69, 9.17) is 10.1 Å². The lowest BCUT2D eigenvalue weighted by molar-refractivity contribution is 0.0334. The molecule has 0 radical (unpaired) electrons. The second-order valence-electron chi connectivity index (χ2n) is 7.48. The number of hydrogen-bond donors (Lipinski definition) is 2. The molecule has 4 rings (SSSR count). The summed E-state index contributed by atoms with van der Waals surface area (Å²) >= 11 is 1.30. The van der Waals surface area contributed by atoms with Gasteiger partial charge in [-0.15, -0.1) is 11.3 Å². The Kier molecular flexibility index (Phi) is 6.05. The number of thiazole rings is 1. The van der Waals surface area contributed by atoms with Crippen molar-refractivity contribution in [3.63, 3.8) is 0 Å². The van der Waals surface area contributed by atoms with E-state index in [-0.39, 0.29) is 30.1 Å². The number of aliphatic hydroxyl groups excluding tert-OH is 1. The van der Waals surface area contributed by atoms with Gasteiger partial charge in [0, 0.05) is 16.6 Å². The number of ether oxygens (including phenoxy) is 1. The van der Waals surface area contributed by atoms with Crippen molar-refractivity contribution in [1.82, 2.24) is 4.98 Å². The van der Waals surface area contributed by atoms with E-state index < -0.39 is 5.97 Å². The summed E-state index contributed by atoms with van der Waals surface area (Å²) in [5.74, 6) is -0.626. The van der Waals surface area contributed by atoms with Crippen molar-refractivity contribution >= 4 is 34.4 Å². The molecular weight excluding hydrogens is 429 g/mol. The van der Waals surface area contributed by atoms with Gasteiger partial charge in [-0.2, -0.15) is 0 Å². The number of halogens is 1. The molecular formula is C24H22FN3O3S. The summed E-state index contributed by atoms with van der Waals surface area (Å²) in [4.78, 5) is 18.5. The summed E-state index contributed by atoms with van der Waals surface area (Å²) in [7, 11) is 0. The predicted molar refractivity (Wildman–Crippen MR) is 124 cm³/mol. The van der Waals surface area contributed by atoms with Crippen molar-refractivity contribution < 1.29 is 19.0 Å². The van der Waals surface area contributed by atoms with Gasteiger partial charge in [-0.1, -0.05) is 13.0 Å². The molecule has 0 saturated carbocycles. The monoisotopic (exact) mass is 451 g/mol. The molecule has 2 heterocycles. The fourth-order valence-electron chi connectivity index (χ4n) is 3.30. The maximum absolute atomic E-state index is 13.2. The summed E-state index contributed by atoms with van der Waals surface area (Å²) in [6, 6.07) is 12.8. The second kappa shape index (κ2) is 8.92. The number of carbonyl (C=O) groups is 1. The number of aromatic nitrogens is 1. The van der Waals surface area contributed by atoms with Crippen LogP contribution >= 0.6 is 11.3 Å². The smallest absolute Gasteiger partial charge is 0.338 e. The molecule has 1 aliphatic heterocycles. The lowest BCUT2D eigenvalue weighted by Crippen LogP contribution is -2.26. The third kappa shape index (κ3) is 4.27. The lowest BCUT2D eigenvalue weighted by Gasteiger charge is -2.19. The number of amidine groups is 1. The third-order valence-electron chi connectivity index (χ3n) is 5.24. The first-order chi connectivity index (χ1) is 15.4. The zero-order chi connectivity index (χ0) is 22.8. The van der Waals surface area contributed by atoms with E-state index in [0.29, 0.717) is 27.5 Å². The van der Waals surface area contributed by atoms with E-state index in [0.717, 1.165) is 12.0 Å². The number of aliphatic hydroxyl groups is 1. The van der Waals surface area contributed by atoms with Gasteiger partial charge in [0.15, 0.2) is 0 Å². The third-order valence-corrected chi connectivity index (χ3v) is 6.10. The second-order valence-corrected chi connectivity index (χ2v) is 8.33. The van der Waals surface area contributed by atoms with Gasteiger partial charge in [-0.25, -0.2) is 14.2 Å². The Morgan fingerprint density at radius 1 is 1.31 bits per heavy atom. The normalized spacial score (nSPS) is 14.7. The molecule has 2 N–H and O–H groups in total. The molecule has 164 valence electrons. The Morgan fingerprint density at radius 3 is 2.78 bits per heavy atom. The standard InChI is InChI=1S/C24H22FN3O3S/c1-3-14(2)31-24(30)16-5-4-6-18(11-16)28-12-20(29)21(22(28)26)23-27-19(13-32-23)15-7-9-17(25)10-8-15/h4-11,13-14,26,29H,3,12H2,1-2H3. The summed E-state index contributed by atoms with van der Waals surface area (Å²) in [6.07, 6.45) is 0.533. The first-order valence-corrected chi connectivity index (χ1v) is 11.1. The minimum absolute atomic E-state index is 0.0302. The highest BCUT2D eigenvalue weighted by molar-refractivity contribution is 7.11. The average molecular weight is 452 g/mol. The summed E-state index contributed by atoms with van der Waals surface area (Å²) in [5.41, 5.74) is 2.73. The van der Waals surface area contributed by atoms with Crippen LogP contribution in [0, 0.1) is 11.2 Å². The van der Waals surface area contributed by atoms with Gasteiger partial charge < -0.3 is 14.7 Å². The Morgan fingerprint density at radius 2 is 2.06 bits per heavy atom. The fourth-order valence-corrected chi connectivity index (χ4v) is 4.20.